The highest BCUT2D eigenvalue weighted by Gasteiger charge is 2.24. The van der Waals surface area contributed by atoms with Gasteiger partial charge in [-0.3, -0.25) is 9.59 Å². The van der Waals surface area contributed by atoms with E-state index in [0.717, 1.165) is 11.1 Å². The molecule has 0 aliphatic heterocycles. The molecule has 0 saturated heterocycles. The molecule has 6 nitrogen and oxygen atoms in total. The number of nitrogens with one attached hydrogen (secondary N) is 2. The maximum Gasteiger partial charge on any atom is 0.241 e. The maximum absolute atomic E-state index is 12.7. The van der Waals surface area contributed by atoms with Crippen molar-refractivity contribution in [3.05, 3.63) is 64.7 Å². The van der Waals surface area contributed by atoms with Gasteiger partial charge in [0.15, 0.2) is 5.78 Å². The average Bonchev–Trinajstić information content (AvgIpc) is 2.65. The number of amides is 1. The normalized spacial score (nSPS) is 11.9. The molecule has 2 rings (SSSR count). The molecule has 30 heavy (non-hydrogen) atoms. The Bertz CT molecular complexity index is 1040. The van der Waals surface area contributed by atoms with Crippen molar-refractivity contribution in [2.24, 2.45) is 0 Å². The van der Waals surface area contributed by atoms with E-state index in [1.807, 2.05) is 26.0 Å². The topological polar surface area (TPSA) is 92.3 Å². The lowest BCUT2D eigenvalue weighted by Gasteiger charge is -2.21. The minimum absolute atomic E-state index is 0.0426. The molecule has 0 heterocycles. The number of hydrogen-bond donors (Lipinski definition) is 2. The monoisotopic (exact) mass is 430 g/mol. The van der Waals surface area contributed by atoms with Crippen LogP contribution >= 0.6 is 0 Å². The molecule has 7 heteroatoms. The number of Topliss-reactive ketones (excluding diaryl/α,β-unsaturated/α-hetero) is 1. The molecule has 0 aromatic heterocycles. The molecule has 0 bridgehead atoms. The largest absolute Gasteiger partial charge is 0.352 e. The number of aryl methyl sites for hydroxylation is 2. The van der Waals surface area contributed by atoms with Gasteiger partial charge in [-0.2, -0.15) is 0 Å². The van der Waals surface area contributed by atoms with E-state index in [0.29, 0.717) is 11.1 Å². The Kier molecular flexibility index (Phi) is 7.55. The average molecular weight is 431 g/mol. The van der Waals surface area contributed by atoms with E-state index in [9.17, 15) is 18.0 Å². The van der Waals surface area contributed by atoms with Gasteiger partial charge in [0, 0.05) is 30.5 Å². The third-order valence-electron chi connectivity index (χ3n) is 4.59. The van der Waals surface area contributed by atoms with Crippen LogP contribution in [0.2, 0.25) is 0 Å². The SMILES string of the molecule is Cc1ccc(C(=O)CCC(=O)NCc2ccccc2S(=O)(=O)NC(C)(C)C)cc1C. The highest BCUT2D eigenvalue weighted by atomic mass is 32.2. The van der Waals surface area contributed by atoms with Crippen LogP contribution in [-0.2, 0) is 21.4 Å². The molecule has 0 unspecified atom stereocenters. The third kappa shape index (κ3) is 6.78. The van der Waals surface area contributed by atoms with Crippen molar-refractivity contribution in [1.29, 1.82) is 0 Å². The molecule has 1 amide bonds. The fraction of sp³-hybridized carbons (Fsp3) is 0.391. The number of carbonyl (C=O) groups excluding carboxylic acids is 2. The van der Waals surface area contributed by atoms with Crippen LogP contribution in [-0.4, -0.2) is 25.6 Å². The maximum atomic E-state index is 12.7. The molecule has 0 aliphatic rings. The predicted molar refractivity (Wildman–Crippen MR) is 118 cm³/mol. The molecular weight excluding hydrogens is 400 g/mol. The van der Waals surface area contributed by atoms with Gasteiger partial charge >= 0.3 is 0 Å². The molecule has 2 N–H and O–H groups in total. The zero-order chi connectivity index (χ0) is 22.5. The Morgan fingerprint density at radius 2 is 1.60 bits per heavy atom. The second kappa shape index (κ2) is 9.53. The van der Waals surface area contributed by atoms with E-state index in [1.54, 1.807) is 45.0 Å². The molecule has 0 atom stereocenters. The fourth-order valence-electron chi connectivity index (χ4n) is 2.94. The van der Waals surface area contributed by atoms with Crippen LogP contribution in [0.5, 0.6) is 0 Å². The van der Waals surface area contributed by atoms with Crippen LogP contribution in [0.3, 0.4) is 0 Å². The molecule has 0 fully saturated rings. The summed E-state index contributed by atoms with van der Waals surface area (Å²) >= 11 is 0. The second-order valence-electron chi connectivity index (χ2n) is 8.46. The molecule has 0 saturated carbocycles. The summed E-state index contributed by atoms with van der Waals surface area (Å²) in [5, 5.41) is 2.72. The van der Waals surface area contributed by atoms with E-state index >= 15 is 0 Å². The molecule has 0 spiro atoms. The van der Waals surface area contributed by atoms with E-state index in [1.165, 1.54) is 6.07 Å². The Labute approximate surface area is 179 Å². The summed E-state index contributed by atoms with van der Waals surface area (Å²) < 4.78 is 28.0. The summed E-state index contributed by atoms with van der Waals surface area (Å²) in [4.78, 5) is 24.7. The van der Waals surface area contributed by atoms with Crippen LogP contribution in [0.1, 0.15) is 60.7 Å². The zero-order valence-corrected chi connectivity index (χ0v) is 19.0. The van der Waals surface area contributed by atoms with Crippen molar-refractivity contribution in [3.63, 3.8) is 0 Å². The summed E-state index contributed by atoms with van der Waals surface area (Å²) in [6.45, 7) is 9.29. The van der Waals surface area contributed by atoms with Gasteiger partial charge in [-0.15, -0.1) is 0 Å². The van der Waals surface area contributed by atoms with Crippen molar-refractivity contribution < 1.29 is 18.0 Å². The Morgan fingerprint density at radius 1 is 0.933 bits per heavy atom. The van der Waals surface area contributed by atoms with Gasteiger partial charge in [0.1, 0.15) is 0 Å². The number of carbonyl (C=O) groups is 2. The van der Waals surface area contributed by atoms with Crippen molar-refractivity contribution >= 4 is 21.7 Å². The predicted octanol–water partition coefficient (Wildman–Crippen LogP) is 3.66. The summed E-state index contributed by atoms with van der Waals surface area (Å²) in [7, 11) is -3.72. The highest BCUT2D eigenvalue weighted by Crippen LogP contribution is 2.18. The lowest BCUT2D eigenvalue weighted by molar-refractivity contribution is -0.121. The van der Waals surface area contributed by atoms with Gasteiger partial charge in [0.05, 0.1) is 4.90 Å². The first kappa shape index (κ1) is 23.8. The number of ketones is 1. The van der Waals surface area contributed by atoms with Crippen LogP contribution in [0.25, 0.3) is 0 Å². The standard InChI is InChI=1S/C23H30N2O4S/c1-16-10-11-18(14-17(16)2)20(26)12-13-22(27)24-15-19-8-6-7-9-21(19)30(28,29)25-23(3,4)5/h6-11,14,25H,12-13,15H2,1-5H3,(H,24,27). The smallest absolute Gasteiger partial charge is 0.241 e. The van der Waals surface area contributed by atoms with Crippen LogP contribution in [0, 0.1) is 13.8 Å². The lowest BCUT2D eigenvalue weighted by atomic mass is 10.0. The fourth-order valence-corrected chi connectivity index (χ4v) is 4.60. The van der Waals surface area contributed by atoms with Gasteiger partial charge < -0.3 is 5.32 Å². The molecule has 0 aliphatic carbocycles. The van der Waals surface area contributed by atoms with Crippen molar-refractivity contribution in [3.8, 4) is 0 Å². The summed E-state index contributed by atoms with van der Waals surface area (Å²) in [5.74, 6) is -0.395. The Balaban J connectivity index is 1.98. The first-order valence-corrected chi connectivity index (χ1v) is 11.4. The van der Waals surface area contributed by atoms with Crippen molar-refractivity contribution in [2.75, 3.05) is 0 Å². The van der Waals surface area contributed by atoms with E-state index < -0.39 is 15.6 Å². The van der Waals surface area contributed by atoms with E-state index in [2.05, 4.69) is 10.0 Å². The van der Waals surface area contributed by atoms with Crippen LogP contribution < -0.4 is 10.0 Å². The highest BCUT2D eigenvalue weighted by molar-refractivity contribution is 7.89. The molecular formula is C23H30N2O4S. The third-order valence-corrected chi connectivity index (χ3v) is 6.45. The molecule has 2 aromatic rings. The minimum atomic E-state index is -3.72. The summed E-state index contributed by atoms with van der Waals surface area (Å²) in [5.41, 5.74) is 2.61. The van der Waals surface area contributed by atoms with Gasteiger partial charge in [0.2, 0.25) is 15.9 Å². The van der Waals surface area contributed by atoms with Crippen LogP contribution in [0.15, 0.2) is 47.4 Å². The number of sulfonamides is 1. The number of hydrogen-bond acceptors (Lipinski definition) is 4. The second-order valence-corrected chi connectivity index (χ2v) is 10.1. The van der Waals surface area contributed by atoms with Crippen molar-refractivity contribution in [1.82, 2.24) is 10.0 Å². The van der Waals surface area contributed by atoms with Crippen LogP contribution in [0.4, 0.5) is 0 Å². The van der Waals surface area contributed by atoms with Crippen molar-refractivity contribution in [2.45, 2.75) is 64.4 Å². The van der Waals surface area contributed by atoms with Gasteiger partial charge in [-0.05, 0) is 63.4 Å². The number of rotatable bonds is 8. The first-order valence-electron chi connectivity index (χ1n) is 9.88. The Morgan fingerprint density at radius 3 is 2.23 bits per heavy atom. The lowest BCUT2D eigenvalue weighted by Crippen LogP contribution is -2.41. The van der Waals surface area contributed by atoms with E-state index in [4.69, 9.17) is 0 Å². The zero-order valence-electron chi connectivity index (χ0n) is 18.2. The molecule has 0 radical (unpaired) electrons. The summed E-state index contributed by atoms with van der Waals surface area (Å²) in [6, 6.07) is 12.0. The summed E-state index contributed by atoms with van der Waals surface area (Å²) in [6.07, 6.45) is 0.140. The van der Waals surface area contributed by atoms with Gasteiger partial charge in [-0.25, -0.2) is 13.1 Å². The quantitative estimate of drug-likeness (QED) is 0.625. The first-order chi connectivity index (χ1) is 13.9. The van der Waals surface area contributed by atoms with Gasteiger partial charge in [-0.1, -0.05) is 30.3 Å². The van der Waals surface area contributed by atoms with E-state index in [-0.39, 0.29) is 36.0 Å². The minimum Gasteiger partial charge on any atom is -0.352 e. The molecule has 2 aromatic carbocycles. The number of benzene rings is 2. The Hall–Kier alpha value is -2.51. The van der Waals surface area contributed by atoms with Gasteiger partial charge in [0.25, 0.3) is 0 Å². The molecule has 162 valence electrons.